The fourth-order valence-corrected chi connectivity index (χ4v) is 6.60. The Bertz CT molecular complexity index is 480. The largest absolute Gasteiger partial charge is 0.354 e. The molecule has 0 aromatic carbocycles. The van der Waals surface area contributed by atoms with Crippen molar-refractivity contribution in [2.24, 2.45) is 23.2 Å². The molecule has 0 aromatic heterocycles. The number of hydrogen-bond acceptors (Lipinski definition) is 2. The van der Waals surface area contributed by atoms with Gasteiger partial charge in [0.25, 0.3) is 0 Å². The first-order valence-corrected chi connectivity index (χ1v) is 10.2. The third kappa shape index (κ3) is 2.97. The number of rotatable bonds is 4. The lowest BCUT2D eigenvalue weighted by atomic mass is 9.49. The molecule has 5 aliphatic rings. The Kier molecular flexibility index (Phi) is 4.34. The summed E-state index contributed by atoms with van der Waals surface area (Å²) in [6, 6.07) is -0.222. The molecule has 4 saturated carbocycles. The monoisotopic (exact) mass is 332 g/mol. The van der Waals surface area contributed by atoms with Gasteiger partial charge >= 0.3 is 0 Å². The van der Waals surface area contributed by atoms with Crippen LogP contribution in [0.1, 0.15) is 71.1 Å². The Morgan fingerprint density at radius 3 is 2.25 bits per heavy atom. The average molecular weight is 332 g/mol. The SMILES string of the molecule is CCC(=O)N1CCCC[C@H]1C(=O)NCC12CC3CC(CC(C3)C1)C2. The fourth-order valence-electron chi connectivity index (χ4n) is 6.60. The molecule has 1 saturated heterocycles. The maximum atomic E-state index is 12.8. The number of carbonyl (C=O) groups is 2. The van der Waals surface area contributed by atoms with Crippen LogP contribution < -0.4 is 5.32 Å². The summed E-state index contributed by atoms with van der Waals surface area (Å²) in [5.74, 6) is 2.99. The van der Waals surface area contributed by atoms with Crippen LogP contribution in [-0.4, -0.2) is 35.8 Å². The molecule has 4 nitrogen and oxygen atoms in total. The Morgan fingerprint density at radius 1 is 1.04 bits per heavy atom. The summed E-state index contributed by atoms with van der Waals surface area (Å²) in [7, 11) is 0. The first kappa shape index (κ1) is 16.4. The number of amides is 2. The van der Waals surface area contributed by atoms with Crippen LogP contribution in [0.4, 0.5) is 0 Å². The van der Waals surface area contributed by atoms with Gasteiger partial charge < -0.3 is 10.2 Å². The van der Waals surface area contributed by atoms with Crippen LogP contribution >= 0.6 is 0 Å². The van der Waals surface area contributed by atoms with E-state index in [4.69, 9.17) is 0 Å². The molecular formula is C20H32N2O2. The lowest BCUT2D eigenvalue weighted by Gasteiger charge is -2.57. The van der Waals surface area contributed by atoms with Crippen LogP contribution in [0.5, 0.6) is 0 Å². The van der Waals surface area contributed by atoms with Crippen molar-refractivity contribution in [3.8, 4) is 0 Å². The number of nitrogens with one attached hydrogen (secondary N) is 1. The van der Waals surface area contributed by atoms with E-state index in [1.807, 2.05) is 11.8 Å². The number of nitrogens with zero attached hydrogens (tertiary/aromatic N) is 1. The lowest BCUT2D eigenvalue weighted by molar-refractivity contribution is -0.142. The molecule has 0 radical (unpaired) electrons. The first-order valence-electron chi connectivity index (χ1n) is 10.2. The zero-order chi connectivity index (χ0) is 16.7. The maximum Gasteiger partial charge on any atom is 0.242 e. The molecule has 24 heavy (non-hydrogen) atoms. The molecule has 5 rings (SSSR count). The molecular weight excluding hydrogens is 300 g/mol. The van der Waals surface area contributed by atoms with Crippen LogP contribution in [-0.2, 0) is 9.59 Å². The van der Waals surface area contributed by atoms with Crippen LogP contribution in [0.15, 0.2) is 0 Å². The minimum Gasteiger partial charge on any atom is -0.354 e. The predicted octanol–water partition coefficient (Wildman–Crippen LogP) is 3.11. The predicted molar refractivity (Wildman–Crippen MR) is 93.3 cm³/mol. The van der Waals surface area contributed by atoms with E-state index in [0.29, 0.717) is 11.8 Å². The highest BCUT2D eigenvalue weighted by Crippen LogP contribution is 2.59. The van der Waals surface area contributed by atoms with Crippen LogP contribution in [0.2, 0.25) is 0 Å². The maximum absolute atomic E-state index is 12.8. The van der Waals surface area contributed by atoms with E-state index >= 15 is 0 Å². The van der Waals surface area contributed by atoms with E-state index in [1.165, 1.54) is 38.5 Å². The van der Waals surface area contributed by atoms with E-state index in [-0.39, 0.29) is 17.9 Å². The molecule has 4 heteroatoms. The number of likely N-dealkylation sites (tertiary alicyclic amines) is 1. The lowest BCUT2D eigenvalue weighted by Crippen LogP contribution is -2.55. The third-order valence-corrected chi connectivity index (χ3v) is 7.23. The highest BCUT2D eigenvalue weighted by atomic mass is 16.2. The second-order valence-electron chi connectivity index (χ2n) is 9.09. The van der Waals surface area contributed by atoms with Crippen molar-refractivity contribution in [3.63, 3.8) is 0 Å². The summed E-state index contributed by atoms with van der Waals surface area (Å²) in [5.41, 5.74) is 0.374. The molecule has 0 aromatic rings. The number of piperidine rings is 1. The summed E-state index contributed by atoms with van der Waals surface area (Å²) in [6.07, 6.45) is 11.7. The van der Waals surface area contributed by atoms with Gasteiger partial charge in [-0.25, -0.2) is 0 Å². The highest BCUT2D eigenvalue weighted by molar-refractivity contribution is 5.87. The van der Waals surface area contributed by atoms with Gasteiger partial charge in [-0.1, -0.05) is 6.92 Å². The quantitative estimate of drug-likeness (QED) is 0.860. The fraction of sp³-hybridized carbons (Fsp3) is 0.900. The van der Waals surface area contributed by atoms with Crippen LogP contribution in [0, 0.1) is 23.2 Å². The van der Waals surface area contributed by atoms with Gasteiger partial charge in [0.05, 0.1) is 0 Å². The summed E-state index contributed by atoms with van der Waals surface area (Å²) < 4.78 is 0. The minimum atomic E-state index is -0.222. The Balaban J connectivity index is 1.38. The van der Waals surface area contributed by atoms with Crippen molar-refractivity contribution >= 4 is 11.8 Å². The Morgan fingerprint density at radius 2 is 1.67 bits per heavy atom. The van der Waals surface area contributed by atoms with Gasteiger partial charge in [-0.2, -0.15) is 0 Å². The highest BCUT2D eigenvalue weighted by Gasteiger charge is 2.51. The zero-order valence-electron chi connectivity index (χ0n) is 15.1. The smallest absolute Gasteiger partial charge is 0.242 e. The number of carbonyl (C=O) groups excluding carboxylic acids is 2. The van der Waals surface area contributed by atoms with Gasteiger partial charge in [0, 0.05) is 19.5 Å². The molecule has 1 heterocycles. The van der Waals surface area contributed by atoms with Gasteiger partial charge in [-0.3, -0.25) is 9.59 Å². The van der Waals surface area contributed by atoms with Crippen molar-refractivity contribution in [1.29, 1.82) is 0 Å². The molecule has 5 fully saturated rings. The van der Waals surface area contributed by atoms with E-state index < -0.39 is 0 Å². The van der Waals surface area contributed by atoms with E-state index in [9.17, 15) is 9.59 Å². The topological polar surface area (TPSA) is 49.4 Å². The minimum absolute atomic E-state index is 0.104. The molecule has 0 unspecified atom stereocenters. The second-order valence-corrected chi connectivity index (χ2v) is 9.09. The van der Waals surface area contributed by atoms with Crippen molar-refractivity contribution in [3.05, 3.63) is 0 Å². The standard InChI is InChI=1S/C20H32N2O2/c1-2-18(23)22-6-4-3-5-17(22)19(24)21-13-20-10-14-7-15(11-20)9-16(8-14)12-20/h14-17H,2-13H2,1H3,(H,21,24)/t14?,15?,16?,17-,20?/m0/s1. The molecule has 134 valence electrons. The molecule has 2 amide bonds. The number of hydrogen-bond donors (Lipinski definition) is 1. The molecule has 1 N–H and O–H groups in total. The van der Waals surface area contributed by atoms with Gasteiger partial charge in [0.1, 0.15) is 6.04 Å². The van der Waals surface area contributed by atoms with E-state index in [2.05, 4.69) is 5.32 Å². The summed E-state index contributed by atoms with van der Waals surface area (Å²) in [6.45, 7) is 3.49. The van der Waals surface area contributed by atoms with Gasteiger partial charge in [0.2, 0.25) is 11.8 Å². The molecule has 1 atom stereocenters. The molecule has 1 aliphatic heterocycles. The average Bonchev–Trinajstić information content (AvgIpc) is 2.58. The van der Waals surface area contributed by atoms with Crippen molar-refractivity contribution in [1.82, 2.24) is 10.2 Å². The molecule has 4 bridgehead atoms. The normalized spacial score (nSPS) is 40.6. The van der Waals surface area contributed by atoms with Crippen LogP contribution in [0.25, 0.3) is 0 Å². The van der Waals surface area contributed by atoms with E-state index in [1.54, 1.807) is 0 Å². The van der Waals surface area contributed by atoms with Crippen molar-refractivity contribution < 1.29 is 9.59 Å². The van der Waals surface area contributed by atoms with E-state index in [0.717, 1.165) is 50.1 Å². The van der Waals surface area contributed by atoms with Gasteiger partial charge in [-0.15, -0.1) is 0 Å². The molecule has 4 aliphatic carbocycles. The summed E-state index contributed by atoms with van der Waals surface area (Å²) in [4.78, 5) is 26.8. The van der Waals surface area contributed by atoms with Gasteiger partial charge in [-0.05, 0) is 81.0 Å². The van der Waals surface area contributed by atoms with Crippen molar-refractivity contribution in [2.75, 3.05) is 13.1 Å². The van der Waals surface area contributed by atoms with Crippen LogP contribution in [0.3, 0.4) is 0 Å². The third-order valence-electron chi connectivity index (χ3n) is 7.23. The summed E-state index contributed by atoms with van der Waals surface area (Å²) in [5, 5.41) is 3.29. The molecule has 0 spiro atoms. The summed E-state index contributed by atoms with van der Waals surface area (Å²) >= 11 is 0. The van der Waals surface area contributed by atoms with Crippen molar-refractivity contribution in [2.45, 2.75) is 77.2 Å². The second kappa shape index (κ2) is 6.34. The Hall–Kier alpha value is -1.06. The zero-order valence-corrected chi connectivity index (χ0v) is 15.1. The van der Waals surface area contributed by atoms with Gasteiger partial charge in [0.15, 0.2) is 0 Å². The first-order chi connectivity index (χ1) is 11.6. The Labute approximate surface area is 145 Å².